The lowest BCUT2D eigenvalue weighted by molar-refractivity contribution is -0.132. The minimum Gasteiger partial charge on any atom is -0.486 e. The lowest BCUT2D eigenvalue weighted by atomic mass is 10.1. The van der Waals surface area contributed by atoms with Crippen LogP contribution in [0.1, 0.15) is 54.8 Å². The van der Waals surface area contributed by atoms with E-state index in [-0.39, 0.29) is 11.5 Å². The summed E-state index contributed by atoms with van der Waals surface area (Å²) in [6.07, 6.45) is 9.28. The van der Waals surface area contributed by atoms with Crippen LogP contribution in [0.2, 0.25) is 0 Å². The number of anilines is 1. The van der Waals surface area contributed by atoms with Crippen LogP contribution < -0.4 is 4.90 Å². The average Bonchev–Trinajstić information content (AvgIpc) is 3.18. The van der Waals surface area contributed by atoms with Crippen molar-refractivity contribution in [3.63, 3.8) is 0 Å². The van der Waals surface area contributed by atoms with E-state index < -0.39 is 5.97 Å². The molecule has 2 aromatic rings. The Morgan fingerprint density at radius 3 is 2.37 bits per heavy atom. The number of halogens is 1. The summed E-state index contributed by atoms with van der Waals surface area (Å²) in [6, 6.07) is 8.92. The predicted molar refractivity (Wildman–Crippen MR) is 124 cm³/mol. The molecule has 0 saturated carbocycles. The second kappa shape index (κ2) is 11.9. The van der Waals surface area contributed by atoms with Gasteiger partial charge in [0, 0.05) is 22.8 Å². The highest BCUT2D eigenvalue weighted by Gasteiger charge is 2.11. The van der Waals surface area contributed by atoms with Gasteiger partial charge in [-0.1, -0.05) is 38.8 Å². The van der Waals surface area contributed by atoms with E-state index in [1.54, 1.807) is 12.1 Å². The molecule has 0 radical (unpaired) electrons. The van der Waals surface area contributed by atoms with Gasteiger partial charge in [0.05, 0.1) is 12.3 Å². The zero-order chi connectivity index (χ0) is 21.9. The first-order chi connectivity index (χ1) is 14.5. The van der Waals surface area contributed by atoms with E-state index in [0.29, 0.717) is 10.6 Å². The van der Waals surface area contributed by atoms with Gasteiger partial charge in [-0.15, -0.1) is 11.3 Å². The van der Waals surface area contributed by atoms with Crippen LogP contribution in [0.4, 0.5) is 10.1 Å². The summed E-state index contributed by atoms with van der Waals surface area (Å²) >= 11 is 1.37. The first-order valence-electron chi connectivity index (χ1n) is 10.1. The fourth-order valence-corrected chi connectivity index (χ4v) is 3.78. The fourth-order valence-electron chi connectivity index (χ4n) is 2.92. The second-order valence-electron chi connectivity index (χ2n) is 6.93. The lowest BCUT2D eigenvalue weighted by Crippen LogP contribution is -2.26. The number of nitrogens with zero attached hydrogens (tertiary/aromatic N) is 2. The number of rotatable bonds is 11. The van der Waals surface area contributed by atoms with Crippen molar-refractivity contribution in [3.05, 3.63) is 68.6 Å². The molecule has 0 atom stereocenters. The molecule has 158 valence electrons. The number of thiophene rings is 1. The van der Waals surface area contributed by atoms with Crippen molar-refractivity contribution >= 4 is 41.2 Å². The number of aliphatic carboxylic acids is 1. The highest BCUT2D eigenvalue weighted by atomic mass is 32.1. The van der Waals surface area contributed by atoms with E-state index in [1.807, 2.05) is 30.4 Å². The molecule has 0 aliphatic carbocycles. The van der Waals surface area contributed by atoms with Crippen LogP contribution in [0, 0.1) is 12.4 Å². The van der Waals surface area contributed by atoms with Gasteiger partial charge >= 0.3 is 5.97 Å². The molecule has 0 fully saturated rings. The molecular weight excluding hydrogens is 399 g/mol. The van der Waals surface area contributed by atoms with Crippen LogP contribution in [0.15, 0.2) is 36.0 Å². The summed E-state index contributed by atoms with van der Waals surface area (Å²) in [5.74, 6) is -1.46. The molecule has 6 heteroatoms. The third kappa shape index (κ3) is 6.85. The van der Waals surface area contributed by atoms with Gasteiger partial charge < -0.3 is 10.0 Å². The van der Waals surface area contributed by atoms with Crippen LogP contribution >= 0.6 is 11.3 Å². The molecule has 0 unspecified atom stereocenters. The van der Waals surface area contributed by atoms with E-state index in [4.69, 9.17) is 11.7 Å². The van der Waals surface area contributed by atoms with Gasteiger partial charge in [-0.2, -0.15) is 0 Å². The number of carbonyl (C=O) groups is 1. The number of unbranched alkanes of at least 4 members (excludes halogenated alkanes) is 2. The second-order valence-corrected chi connectivity index (χ2v) is 8.07. The van der Waals surface area contributed by atoms with E-state index in [1.165, 1.54) is 17.4 Å². The minimum atomic E-state index is -1.24. The molecule has 0 amide bonds. The summed E-state index contributed by atoms with van der Waals surface area (Å²) in [5.41, 5.74) is 1.10. The van der Waals surface area contributed by atoms with Gasteiger partial charge in [0.15, 0.2) is 0 Å². The van der Waals surface area contributed by atoms with Gasteiger partial charge in [-0.3, -0.25) is 4.79 Å². The highest BCUT2D eigenvalue weighted by Crippen LogP contribution is 2.25. The van der Waals surface area contributed by atoms with Gasteiger partial charge in [0.25, 0.3) is 5.70 Å². The maximum Gasteiger partial charge on any atom is 0.333 e. The largest absolute Gasteiger partial charge is 0.486 e. The predicted octanol–water partition coefficient (Wildman–Crippen LogP) is 6.81. The minimum absolute atomic E-state index is 0.220. The first kappa shape index (κ1) is 23.4. The molecule has 0 aliphatic heterocycles. The standard InChI is InChI=1S/C24H27FN2O2S/c1-4-6-14-27(15-7-5-2)23-13-9-18(16-21(23)25)8-10-19-11-12-20(30-19)17-22(26-3)24(28)29/h8-13,16-17H,4-7,14-15H2,1-2H3,(H,28,29). The van der Waals surface area contributed by atoms with Crippen molar-refractivity contribution in [1.29, 1.82) is 0 Å². The third-order valence-corrected chi connectivity index (χ3v) is 5.58. The molecule has 1 N–H and O–H groups in total. The van der Waals surface area contributed by atoms with E-state index in [0.717, 1.165) is 49.2 Å². The molecule has 0 saturated heterocycles. The van der Waals surface area contributed by atoms with Crippen molar-refractivity contribution in [2.24, 2.45) is 0 Å². The molecule has 0 spiro atoms. The Bertz CT molecular complexity index is 948. The zero-order valence-corrected chi connectivity index (χ0v) is 18.2. The third-order valence-electron chi connectivity index (χ3n) is 4.58. The Kier molecular flexibility index (Phi) is 9.30. The molecular formula is C24H27FN2O2S. The van der Waals surface area contributed by atoms with Crippen LogP contribution in [0.5, 0.6) is 0 Å². The van der Waals surface area contributed by atoms with Crippen LogP contribution in [-0.4, -0.2) is 24.2 Å². The van der Waals surface area contributed by atoms with Crippen LogP contribution in [0.25, 0.3) is 23.1 Å². The topological polar surface area (TPSA) is 44.9 Å². The monoisotopic (exact) mass is 426 g/mol. The van der Waals surface area contributed by atoms with Crippen molar-refractivity contribution in [2.45, 2.75) is 39.5 Å². The molecule has 4 nitrogen and oxygen atoms in total. The Labute approximate surface area is 181 Å². The number of carboxylic acids is 1. The van der Waals surface area contributed by atoms with Crippen LogP contribution in [0.3, 0.4) is 0 Å². The molecule has 2 rings (SSSR count). The molecule has 0 bridgehead atoms. The quantitative estimate of drug-likeness (QED) is 0.317. The van der Waals surface area contributed by atoms with Crippen molar-refractivity contribution in [2.75, 3.05) is 18.0 Å². The molecule has 1 aromatic heterocycles. The highest BCUT2D eigenvalue weighted by molar-refractivity contribution is 7.13. The maximum atomic E-state index is 14.8. The smallest absolute Gasteiger partial charge is 0.333 e. The summed E-state index contributed by atoms with van der Waals surface area (Å²) in [4.78, 5) is 17.7. The van der Waals surface area contributed by atoms with E-state index in [2.05, 4.69) is 23.6 Å². The van der Waals surface area contributed by atoms with E-state index >= 15 is 0 Å². The van der Waals surface area contributed by atoms with E-state index in [9.17, 15) is 9.18 Å². The maximum absolute atomic E-state index is 14.8. The zero-order valence-electron chi connectivity index (χ0n) is 17.4. The molecule has 0 aliphatic rings. The summed E-state index contributed by atoms with van der Waals surface area (Å²) in [7, 11) is 0. The first-order valence-corrected chi connectivity index (χ1v) is 10.9. The lowest BCUT2D eigenvalue weighted by Gasteiger charge is -2.25. The number of carboxylic acid groups (broad SMARTS) is 1. The normalized spacial score (nSPS) is 11.6. The van der Waals surface area contributed by atoms with Gasteiger partial charge in [-0.25, -0.2) is 9.24 Å². The van der Waals surface area contributed by atoms with Gasteiger partial charge in [-0.05, 0) is 54.8 Å². The summed E-state index contributed by atoms with van der Waals surface area (Å²) in [6.45, 7) is 12.9. The fraction of sp³-hybridized carbons (Fsp3) is 0.333. The summed E-state index contributed by atoms with van der Waals surface area (Å²) in [5, 5.41) is 8.95. The SMILES string of the molecule is [C-]#[N+]C(=Cc1ccc(C=Cc2ccc(N(CCCC)CCCC)c(F)c2)s1)C(=O)O. The molecule has 30 heavy (non-hydrogen) atoms. The number of hydrogen-bond acceptors (Lipinski definition) is 3. The average molecular weight is 427 g/mol. The van der Waals surface area contributed by atoms with Crippen molar-refractivity contribution in [1.82, 2.24) is 0 Å². The number of benzene rings is 1. The van der Waals surface area contributed by atoms with Crippen LogP contribution in [-0.2, 0) is 4.79 Å². The Morgan fingerprint density at radius 1 is 1.13 bits per heavy atom. The van der Waals surface area contributed by atoms with Crippen molar-refractivity contribution in [3.8, 4) is 0 Å². The Hall–Kier alpha value is -2.91. The molecule has 1 aromatic carbocycles. The van der Waals surface area contributed by atoms with Crippen molar-refractivity contribution < 1.29 is 14.3 Å². The molecule has 1 heterocycles. The Balaban J connectivity index is 2.14. The van der Waals surface area contributed by atoms with Gasteiger partial charge in [0.1, 0.15) is 5.82 Å². The summed E-state index contributed by atoms with van der Waals surface area (Å²) < 4.78 is 14.8. The van der Waals surface area contributed by atoms with Gasteiger partial charge in [0.2, 0.25) is 0 Å². The number of hydrogen-bond donors (Lipinski definition) is 1. The Morgan fingerprint density at radius 2 is 1.80 bits per heavy atom.